The van der Waals surface area contributed by atoms with E-state index >= 15 is 0 Å². The molecule has 0 aromatic heterocycles. The molecule has 6 nitrogen and oxygen atoms in total. The topological polar surface area (TPSA) is 76.1 Å². The van der Waals surface area contributed by atoms with Gasteiger partial charge < -0.3 is 19.5 Å². The lowest BCUT2D eigenvalue weighted by molar-refractivity contribution is -0.170. The molecule has 1 aliphatic rings. The van der Waals surface area contributed by atoms with E-state index in [1.165, 1.54) is 4.90 Å². The molecule has 1 amide bonds. The summed E-state index contributed by atoms with van der Waals surface area (Å²) in [7, 11) is 0. The highest BCUT2D eigenvalue weighted by Gasteiger charge is 2.49. The van der Waals surface area contributed by atoms with Crippen LogP contribution >= 0.6 is 0 Å². The number of nitrogens with zero attached hydrogens (tertiary/aromatic N) is 1. The van der Waals surface area contributed by atoms with E-state index in [1.807, 2.05) is 0 Å². The molecule has 0 saturated carbocycles. The zero-order chi connectivity index (χ0) is 17.0. The maximum Gasteiger partial charge on any atom is 0.410 e. The Morgan fingerprint density at radius 3 is 2.36 bits per heavy atom. The lowest BCUT2D eigenvalue weighted by Gasteiger charge is -2.49. The molecule has 1 aliphatic heterocycles. The smallest absolute Gasteiger partial charge is 0.410 e. The Balaban J connectivity index is 2.55. The Bertz CT molecular complexity index is 396. The van der Waals surface area contributed by atoms with Crippen molar-refractivity contribution in [2.75, 3.05) is 19.7 Å². The van der Waals surface area contributed by atoms with Crippen LogP contribution in [0, 0.1) is 5.92 Å². The molecule has 0 aromatic rings. The molecule has 1 fully saturated rings. The second kappa shape index (κ2) is 7.31. The number of carboxylic acids is 1. The van der Waals surface area contributed by atoms with Gasteiger partial charge in [-0.1, -0.05) is 20.3 Å². The minimum atomic E-state index is -0.910. The van der Waals surface area contributed by atoms with Crippen LogP contribution in [0.15, 0.2) is 0 Å². The summed E-state index contributed by atoms with van der Waals surface area (Å²) >= 11 is 0. The molecule has 1 heterocycles. The van der Waals surface area contributed by atoms with Gasteiger partial charge in [-0.2, -0.15) is 0 Å². The zero-order valence-electron chi connectivity index (χ0n) is 14.3. The minimum absolute atomic E-state index is 0.0921. The van der Waals surface area contributed by atoms with E-state index in [2.05, 4.69) is 13.8 Å². The number of amides is 1. The molecule has 1 saturated heterocycles. The molecule has 0 radical (unpaired) electrons. The zero-order valence-corrected chi connectivity index (χ0v) is 14.3. The van der Waals surface area contributed by atoms with Crippen molar-refractivity contribution in [3.63, 3.8) is 0 Å². The fourth-order valence-electron chi connectivity index (χ4n) is 2.53. The largest absolute Gasteiger partial charge is 0.481 e. The molecule has 1 N–H and O–H groups in total. The van der Waals surface area contributed by atoms with Gasteiger partial charge in [-0.05, 0) is 33.1 Å². The first-order valence-electron chi connectivity index (χ1n) is 7.90. The van der Waals surface area contributed by atoms with Crippen molar-refractivity contribution in [3.05, 3.63) is 0 Å². The highest BCUT2D eigenvalue weighted by molar-refractivity contribution is 5.72. The van der Waals surface area contributed by atoms with Crippen molar-refractivity contribution >= 4 is 12.1 Å². The van der Waals surface area contributed by atoms with Gasteiger partial charge in [-0.3, -0.25) is 4.79 Å². The summed E-state index contributed by atoms with van der Waals surface area (Å²) in [5.74, 6) is -0.529. The Hall–Kier alpha value is -1.30. The second-order valence-electron chi connectivity index (χ2n) is 7.29. The van der Waals surface area contributed by atoms with Gasteiger partial charge in [0.2, 0.25) is 0 Å². The molecule has 0 aromatic carbocycles. The van der Waals surface area contributed by atoms with Gasteiger partial charge >= 0.3 is 12.1 Å². The molecule has 128 valence electrons. The van der Waals surface area contributed by atoms with Crippen LogP contribution in [-0.4, -0.2) is 53.0 Å². The molecule has 6 heteroatoms. The fraction of sp³-hybridized carbons (Fsp3) is 0.875. The van der Waals surface area contributed by atoms with Crippen LogP contribution in [0.3, 0.4) is 0 Å². The van der Waals surface area contributed by atoms with E-state index in [9.17, 15) is 9.59 Å². The van der Waals surface area contributed by atoms with Crippen molar-refractivity contribution in [2.45, 2.75) is 65.1 Å². The highest BCUT2D eigenvalue weighted by atomic mass is 16.6. The maximum absolute atomic E-state index is 12.0. The van der Waals surface area contributed by atoms with Crippen molar-refractivity contribution in [1.29, 1.82) is 0 Å². The van der Waals surface area contributed by atoms with E-state index < -0.39 is 23.3 Å². The lowest BCUT2D eigenvalue weighted by atomic mass is 9.90. The number of hydrogen-bond acceptors (Lipinski definition) is 4. The van der Waals surface area contributed by atoms with Crippen LogP contribution < -0.4 is 0 Å². The van der Waals surface area contributed by atoms with Gasteiger partial charge in [0.1, 0.15) is 11.2 Å². The first kappa shape index (κ1) is 18.7. The summed E-state index contributed by atoms with van der Waals surface area (Å²) in [5, 5.41) is 9.08. The average molecular weight is 315 g/mol. The lowest BCUT2D eigenvalue weighted by Crippen LogP contribution is -2.66. The number of ether oxygens (including phenoxy) is 2. The van der Waals surface area contributed by atoms with Crippen molar-refractivity contribution in [1.82, 2.24) is 4.90 Å². The summed E-state index contributed by atoms with van der Waals surface area (Å²) in [6.45, 7) is 10.7. The summed E-state index contributed by atoms with van der Waals surface area (Å²) in [4.78, 5) is 24.5. The van der Waals surface area contributed by atoms with Crippen LogP contribution in [0.25, 0.3) is 0 Å². The SMILES string of the molecule is CCCC(C)COC1(CC(=O)O)CN(C(=O)OC(C)(C)C)C1. The van der Waals surface area contributed by atoms with Gasteiger partial charge in [-0.25, -0.2) is 4.79 Å². The van der Waals surface area contributed by atoms with Gasteiger partial charge in [0, 0.05) is 0 Å². The van der Waals surface area contributed by atoms with Crippen LogP contribution in [0.5, 0.6) is 0 Å². The molecular weight excluding hydrogens is 286 g/mol. The standard InChI is InChI=1S/C16H29NO5/c1-6-7-12(2)9-21-16(8-13(18)19)10-17(11-16)14(20)22-15(3,4)5/h12H,6-11H2,1-5H3,(H,18,19). The van der Waals surface area contributed by atoms with E-state index in [0.717, 1.165) is 12.8 Å². The van der Waals surface area contributed by atoms with Crippen molar-refractivity contribution in [3.8, 4) is 0 Å². The molecule has 0 bridgehead atoms. The average Bonchev–Trinajstić information content (AvgIpc) is 2.29. The third-order valence-corrected chi connectivity index (χ3v) is 3.54. The number of carboxylic acid groups (broad SMARTS) is 1. The van der Waals surface area contributed by atoms with Gasteiger partial charge in [-0.15, -0.1) is 0 Å². The number of carbonyl (C=O) groups excluding carboxylic acids is 1. The summed E-state index contributed by atoms with van der Waals surface area (Å²) < 4.78 is 11.2. The normalized spacial score (nSPS) is 18.5. The van der Waals surface area contributed by atoms with Crippen molar-refractivity contribution in [2.24, 2.45) is 5.92 Å². The van der Waals surface area contributed by atoms with E-state index in [4.69, 9.17) is 14.6 Å². The molecule has 1 atom stereocenters. The number of aliphatic carboxylic acids is 1. The van der Waals surface area contributed by atoms with Crippen molar-refractivity contribution < 1.29 is 24.2 Å². The molecule has 0 spiro atoms. The fourth-order valence-corrected chi connectivity index (χ4v) is 2.53. The van der Waals surface area contributed by atoms with E-state index in [-0.39, 0.29) is 19.5 Å². The summed E-state index contributed by atoms with van der Waals surface area (Å²) in [6.07, 6.45) is 1.60. The summed E-state index contributed by atoms with van der Waals surface area (Å²) in [6, 6.07) is 0. The first-order valence-corrected chi connectivity index (χ1v) is 7.90. The minimum Gasteiger partial charge on any atom is -0.481 e. The highest BCUT2D eigenvalue weighted by Crippen LogP contribution is 2.31. The van der Waals surface area contributed by atoms with Crippen LogP contribution in [0.2, 0.25) is 0 Å². The van der Waals surface area contributed by atoms with E-state index in [1.54, 1.807) is 20.8 Å². The third-order valence-electron chi connectivity index (χ3n) is 3.54. The Kier molecular flexibility index (Phi) is 6.23. The number of rotatable bonds is 7. The molecular formula is C16H29NO5. The quantitative estimate of drug-likeness (QED) is 0.781. The Morgan fingerprint density at radius 1 is 1.32 bits per heavy atom. The van der Waals surface area contributed by atoms with Crippen LogP contribution in [0.4, 0.5) is 4.79 Å². The molecule has 22 heavy (non-hydrogen) atoms. The van der Waals surface area contributed by atoms with Gasteiger partial charge in [0.15, 0.2) is 0 Å². The predicted octanol–water partition coefficient (Wildman–Crippen LogP) is 2.90. The van der Waals surface area contributed by atoms with Gasteiger partial charge in [0.05, 0.1) is 26.1 Å². The molecule has 1 unspecified atom stereocenters. The number of carbonyl (C=O) groups is 2. The molecule has 0 aliphatic carbocycles. The Morgan fingerprint density at radius 2 is 1.91 bits per heavy atom. The summed E-state index contributed by atoms with van der Waals surface area (Å²) in [5.41, 5.74) is -1.33. The van der Waals surface area contributed by atoms with E-state index in [0.29, 0.717) is 12.5 Å². The predicted molar refractivity (Wildman–Crippen MR) is 82.8 cm³/mol. The monoisotopic (exact) mass is 315 g/mol. The maximum atomic E-state index is 12.0. The third kappa shape index (κ3) is 5.83. The van der Waals surface area contributed by atoms with Crippen LogP contribution in [0.1, 0.15) is 53.9 Å². The van der Waals surface area contributed by atoms with Gasteiger partial charge in [0.25, 0.3) is 0 Å². The first-order chi connectivity index (χ1) is 10.1. The second-order valence-corrected chi connectivity index (χ2v) is 7.29. The Labute approximate surface area is 132 Å². The number of hydrogen-bond donors (Lipinski definition) is 1. The van der Waals surface area contributed by atoms with Crippen LogP contribution in [-0.2, 0) is 14.3 Å². The molecule has 1 rings (SSSR count). The number of likely N-dealkylation sites (tertiary alicyclic amines) is 1.